The molecular formula is C12H11O7P2-. The summed E-state index contributed by atoms with van der Waals surface area (Å²) in [6.07, 6.45) is 0. The highest BCUT2D eigenvalue weighted by atomic mass is 31.3. The Morgan fingerprint density at radius 1 is 0.810 bits per heavy atom. The first-order chi connectivity index (χ1) is 9.86. The van der Waals surface area contributed by atoms with Crippen molar-refractivity contribution in [2.75, 3.05) is 0 Å². The lowest BCUT2D eigenvalue weighted by Gasteiger charge is -2.24. The van der Waals surface area contributed by atoms with Crippen molar-refractivity contribution in [3.8, 4) is 11.5 Å². The van der Waals surface area contributed by atoms with Gasteiger partial charge in [-0.3, -0.25) is 9.46 Å². The third kappa shape index (κ3) is 5.34. The number of para-hydroxylation sites is 2. The summed E-state index contributed by atoms with van der Waals surface area (Å²) in [5, 5.41) is 0. The predicted molar refractivity (Wildman–Crippen MR) is 72.7 cm³/mol. The number of hydrogen-bond donors (Lipinski definition) is 1. The monoisotopic (exact) mass is 329 g/mol. The summed E-state index contributed by atoms with van der Waals surface area (Å²) in [4.78, 5) is 21.0. The molecule has 0 aromatic heterocycles. The van der Waals surface area contributed by atoms with Crippen molar-refractivity contribution >= 4 is 15.6 Å². The van der Waals surface area contributed by atoms with Crippen LogP contribution in [0.25, 0.3) is 0 Å². The Bertz CT molecular complexity index is 615. The first-order valence-electron chi connectivity index (χ1n) is 5.71. The number of rotatable bonds is 6. The fourth-order valence-electron chi connectivity index (χ4n) is 1.38. The van der Waals surface area contributed by atoms with E-state index in [1.54, 1.807) is 24.3 Å². The summed E-state index contributed by atoms with van der Waals surface area (Å²) in [5.41, 5.74) is 0. The van der Waals surface area contributed by atoms with E-state index in [1.165, 1.54) is 36.4 Å². The number of phosphoric acid groups is 2. The van der Waals surface area contributed by atoms with E-state index in [0.717, 1.165) is 0 Å². The molecule has 0 aliphatic rings. The van der Waals surface area contributed by atoms with Crippen LogP contribution in [0.5, 0.6) is 11.5 Å². The average molecular weight is 329 g/mol. The van der Waals surface area contributed by atoms with E-state index in [1.807, 2.05) is 0 Å². The molecule has 0 aliphatic heterocycles. The zero-order valence-corrected chi connectivity index (χ0v) is 12.4. The van der Waals surface area contributed by atoms with Crippen LogP contribution in [0.15, 0.2) is 60.7 Å². The molecule has 0 radical (unpaired) electrons. The molecule has 2 atom stereocenters. The SMILES string of the molecule is O=P([O-])(Oc1ccccc1)OP(=O)(O)Oc1ccccc1. The molecule has 9 heteroatoms. The summed E-state index contributed by atoms with van der Waals surface area (Å²) in [6, 6.07) is 14.9. The summed E-state index contributed by atoms with van der Waals surface area (Å²) >= 11 is 0. The molecule has 0 spiro atoms. The van der Waals surface area contributed by atoms with Gasteiger partial charge in [-0.2, -0.15) is 4.31 Å². The van der Waals surface area contributed by atoms with Crippen molar-refractivity contribution in [1.82, 2.24) is 0 Å². The minimum atomic E-state index is -5.06. The van der Waals surface area contributed by atoms with Crippen LogP contribution in [0.3, 0.4) is 0 Å². The summed E-state index contributed by atoms with van der Waals surface area (Å²) in [6.45, 7) is 0. The van der Waals surface area contributed by atoms with Crippen molar-refractivity contribution in [2.45, 2.75) is 0 Å². The molecule has 0 heterocycles. The maximum atomic E-state index is 11.6. The summed E-state index contributed by atoms with van der Waals surface area (Å²) < 4.78 is 36.5. The smallest absolute Gasteiger partial charge is 0.534 e. The normalized spacial score (nSPS) is 16.5. The zero-order chi connectivity index (χ0) is 15.3. The molecule has 2 aromatic rings. The maximum absolute atomic E-state index is 11.6. The molecule has 21 heavy (non-hydrogen) atoms. The van der Waals surface area contributed by atoms with E-state index in [2.05, 4.69) is 13.4 Å². The third-order valence-electron chi connectivity index (χ3n) is 2.13. The van der Waals surface area contributed by atoms with Crippen molar-refractivity contribution in [3.63, 3.8) is 0 Å². The fourth-order valence-corrected chi connectivity index (χ4v) is 3.43. The molecule has 2 aromatic carbocycles. The lowest BCUT2D eigenvalue weighted by atomic mass is 10.3. The average Bonchev–Trinajstić information content (AvgIpc) is 2.38. The maximum Gasteiger partial charge on any atom is 0.534 e. The molecule has 7 nitrogen and oxygen atoms in total. The number of hydrogen-bond acceptors (Lipinski definition) is 6. The Morgan fingerprint density at radius 3 is 1.71 bits per heavy atom. The first kappa shape index (κ1) is 15.8. The van der Waals surface area contributed by atoms with Gasteiger partial charge in [0.25, 0.3) is 0 Å². The van der Waals surface area contributed by atoms with Gasteiger partial charge >= 0.3 is 15.6 Å². The van der Waals surface area contributed by atoms with Gasteiger partial charge in [0.05, 0.1) is 0 Å². The highest BCUT2D eigenvalue weighted by Gasteiger charge is 2.31. The molecule has 1 N–H and O–H groups in total. The largest absolute Gasteiger partial charge is 0.746 e. The van der Waals surface area contributed by atoms with Gasteiger partial charge in [-0.15, -0.1) is 0 Å². The number of benzene rings is 2. The van der Waals surface area contributed by atoms with Crippen LogP contribution >= 0.6 is 15.6 Å². The molecule has 0 amide bonds. The van der Waals surface area contributed by atoms with Gasteiger partial charge in [-0.25, -0.2) is 4.57 Å². The van der Waals surface area contributed by atoms with E-state index in [0.29, 0.717) is 0 Å². The van der Waals surface area contributed by atoms with Crippen LogP contribution in [0.1, 0.15) is 0 Å². The lowest BCUT2D eigenvalue weighted by molar-refractivity contribution is -0.209. The second kappa shape index (κ2) is 6.43. The Kier molecular flexibility index (Phi) is 4.83. The number of phosphoric ester groups is 2. The minimum absolute atomic E-state index is 0.0111. The van der Waals surface area contributed by atoms with E-state index in [4.69, 9.17) is 0 Å². The van der Waals surface area contributed by atoms with Gasteiger partial charge in [0, 0.05) is 0 Å². The first-order valence-corrected chi connectivity index (χ1v) is 8.66. The van der Waals surface area contributed by atoms with Crippen LogP contribution in [0.2, 0.25) is 0 Å². The standard InChI is InChI=1S/C12H12O7P2/c13-20(14,17-11-7-3-1-4-8-11)19-21(15,16)18-12-9-5-2-6-10-12/h1-10H,(H,13,14)(H,15,16)/p-1. The highest BCUT2D eigenvalue weighted by molar-refractivity contribution is 7.60. The van der Waals surface area contributed by atoms with Gasteiger partial charge in [0.2, 0.25) is 0 Å². The molecule has 0 fully saturated rings. The quantitative estimate of drug-likeness (QED) is 0.812. The third-order valence-corrected chi connectivity index (χ3v) is 4.63. The van der Waals surface area contributed by atoms with Gasteiger partial charge in [-0.1, -0.05) is 36.4 Å². The van der Waals surface area contributed by atoms with E-state index >= 15 is 0 Å². The Balaban J connectivity index is 2.04. The van der Waals surface area contributed by atoms with Crippen LogP contribution in [0.4, 0.5) is 0 Å². The molecule has 112 valence electrons. The van der Waals surface area contributed by atoms with Gasteiger partial charge in [0.15, 0.2) is 0 Å². The topological polar surface area (TPSA) is 105 Å². The van der Waals surface area contributed by atoms with E-state index in [-0.39, 0.29) is 11.5 Å². The lowest BCUT2D eigenvalue weighted by Crippen LogP contribution is -2.11. The molecule has 0 bridgehead atoms. The second-order valence-corrected chi connectivity index (χ2v) is 6.66. The highest BCUT2D eigenvalue weighted by Crippen LogP contribution is 2.57. The minimum Gasteiger partial charge on any atom is -0.746 e. The molecular weight excluding hydrogens is 318 g/mol. The molecule has 2 rings (SSSR count). The van der Waals surface area contributed by atoms with Gasteiger partial charge < -0.3 is 13.9 Å². The summed E-state index contributed by atoms with van der Waals surface area (Å²) in [7, 11) is -9.93. The Hall–Kier alpha value is -1.62. The van der Waals surface area contributed by atoms with Crippen molar-refractivity contribution in [2.24, 2.45) is 0 Å². The second-order valence-electron chi connectivity index (χ2n) is 3.81. The van der Waals surface area contributed by atoms with Crippen molar-refractivity contribution in [1.29, 1.82) is 0 Å². The van der Waals surface area contributed by atoms with Crippen LogP contribution in [0, 0.1) is 0 Å². The van der Waals surface area contributed by atoms with Crippen LogP contribution in [-0.2, 0) is 13.4 Å². The van der Waals surface area contributed by atoms with Crippen LogP contribution in [-0.4, -0.2) is 4.89 Å². The zero-order valence-electron chi connectivity index (χ0n) is 10.6. The van der Waals surface area contributed by atoms with Crippen molar-refractivity contribution in [3.05, 3.63) is 60.7 Å². The van der Waals surface area contributed by atoms with Gasteiger partial charge in [0.1, 0.15) is 11.5 Å². The molecule has 0 saturated heterocycles. The summed E-state index contributed by atoms with van der Waals surface area (Å²) in [5.74, 6) is -0.0569. The Labute approximate surface area is 121 Å². The fraction of sp³-hybridized carbons (Fsp3) is 0. The molecule has 2 unspecified atom stereocenters. The predicted octanol–water partition coefficient (Wildman–Crippen LogP) is 2.73. The van der Waals surface area contributed by atoms with E-state index < -0.39 is 15.6 Å². The van der Waals surface area contributed by atoms with Crippen molar-refractivity contribution < 1.29 is 32.3 Å². The van der Waals surface area contributed by atoms with Gasteiger partial charge in [-0.05, 0) is 24.3 Å². The van der Waals surface area contributed by atoms with E-state index in [9.17, 15) is 18.9 Å². The molecule has 0 aliphatic carbocycles. The van der Waals surface area contributed by atoms with Crippen LogP contribution < -0.4 is 13.9 Å². The molecule has 0 saturated carbocycles. The Morgan fingerprint density at radius 2 is 1.24 bits per heavy atom.